The van der Waals surface area contributed by atoms with E-state index in [0.717, 1.165) is 24.2 Å². The molecule has 0 saturated carbocycles. The summed E-state index contributed by atoms with van der Waals surface area (Å²) < 4.78 is 29.3. The minimum atomic E-state index is -3.98. The summed E-state index contributed by atoms with van der Waals surface area (Å²) in [5, 5.41) is 33.1. The van der Waals surface area contributed by atoms with Gasteiger partial charge >= 0.3 is 0 Å². The largest absolute Gasteiger partial charge is 0.507 e. The molecule has 3 rings (SSSR count). The van der Waals surface area contributed by atoms with Crippen molar-refractivity contribution >= 4 is 39.4 Å². The maximum Gasteiger partial charge on any atom is 0.248 e. The number of rotatable bonds is 23. The van der Waals surface area contributed by atoms with E-state index >= 15 is 0 Å². The second-order valence-electron chi connectivity index (χ2n) is 15.8. The summed E-state index contributed by atoms with van der Waals surface area (Å²) in [6.45, 7) is 7.58. The van der Waals surface area contributed by atoms with Gasteiger partial charge in [-0.2, -0.15) is 0 Å². The van der Waals surface area contributed by atoms with Crippen molar-refractivity contribution in [2.75, 3.05) is 32.4 Å². The Hall–Kier alpha value is -4.58. The molecule has 60 heavy (non-hydrogen) atoms. The van der Waals surface area contributed by atoms with Crippen LogP contribution < -0.4 is 31.7 Å². The smallest absolute Gasteiger partial charge is 0.248 e. The van der Waals surface area contributed by atoms with Crippen molar-refractivity contribution in [3.63, 3.8) is 0 Å². The highest BCUT2D eigenvalue weighted by Gasteiger charge is 2.36. The number of carbonyl (C=O) groups excluding carboxylic acids is 5. The van der Waals surface area contributed by atoms with Crippen molar-refractivity contribution in [3.8, 4) is 22.6 Å². The van der Waals surface area contributed by atoms with Crippen molar-refractivity contribution in [1.29, 1.82) is 0 Å². The van der Waals surface area contributed by atoms with Crippen LogP contribution in [-0.4, -0.2) is 110 Å². The molecule has 0 saturated heterocycles. The van der Waals surface area contributed by atoms with Crippen LogP contribution in [0.3, 0.4) is 0 Å². The first-order chi connectivity index (χ1) is 28.5. The number of hydrogen-bond donors (Lipinski definition) is 8. The normalized spacial score (nSPS) is 18.1. The Morgan fingerprint density at radius 3 is 2.17 bits per heavy atom. The fourth-order valence-electron chi connectivity index (χ4n) is 7.02. The number of aromatic hydroxyl groups is 2. The minimum Gasteiger partial charge on any atom is -0.507 e. The molecule has 1 aliphatic rings. The molecule has 0 radical (unpaired) electrons. The Morgan fingerprint density at radius 1 is 0.883 bits per heavy atom. The number of ketones is 1. The number of carbonyl (C=O) groups is 5. The van der Waals surface area contributed by atoms with Gasteiger partial charge in [-0.1, -0.05) is 70.4 Å². The number of fused-ring (bicyclic) bond motifs is 5. The maximum absolute atomic E-state index is 14.4. The molecule has 334 valence electrons. The number of nitrogens with one attached hydrogen (secondary N) is 5. The number of nitrogens with two attached hydrogens (primary N) is 1. The van der Waals surface area contributed by atoms with E-state index < -0.39 is 63.9 Å². The van der Waals surface area contributed by atoms with Gasteiger partial charge in [-0.25, -0.2) is 13.1 Å². The van der Waals surface area contributed by atoms with Gasteiger partial charge in [-0.3, -0.25) is 24.0 Å². The molecule has 4 bridgehead atoms. The number of benzene rings is 2. The SMILES string of the molecule is CCCCCCCCCCNCCS(=O)(=O)N[C@@H](CCCCN)C(=O)N(C)[C@@H]1C(=O)N[C@@H](C)C(=O)N[C@H](C(=O)N[C@@H](C)C(C)=O)Cc2ccc(O)c(c2)-c2cc1ccc2O. The number of hydrogen-bond acceptors (Lipinski definition) is 11. The zero-order valence-electron chi connectivity index (χ0n) is 35.8. The number of phenols is 2. The van der Waals surface area contributed by atoms with Crippen molar-refractivity contribution in [2.24, 2.45) is 5.73 Å². The monoisotopic (exact) mass is 857 g/mol. The van der Waals surface area contributed by atoms with Gasteiger partial charge < -0.3 is 42.1 Å². The molecule has 0 fully saturated rings. The van der Waals surface area contributed by atoms with Gasteiger partial charge in [-0.15, -0.1) is 0 Å². The van der Waals surface area contributed by atoms with E-state index in [1.807, 2.05) is 0 Å². The summed E-state index contributed by atoms with van der Waals surface area (Å²) in [4.78, 5) is 68.7. The molecule has 0 spiro atoms. The molecule has 2 aromatic carbocycles. The van der Waals surface area contributed by atoms with Gasteiger partial charge in [0, 0.05) is 31.1 Å². The van der Waals surface area contributed by atoms with Crippen LogP contribution in [0.25, 0.3) is 11.1 Å². The molecule has 17 heteroatoms. The molecule has 0 aliphatic carbocycles. The van der Waals surface area contributed by atoms with Gasteiger partial charge in [0.1, 0.15) is 35.7 Å². The molecule has 1 aliphatic heterocycles. The van der Waals surface area contributed by atoms with E-state index in [4.69, 9.17) is 5.73 Å². The molecular weight excluding hydrogens is 791 g/mol. The lowest BCUT2D eigenvalue weighted by Gasteiger charge is -2.32. The van der Waals surface area contributed by atoms with Crippen LogP contribution in [0.1, 0.15) is 115 Å². The Morgan fingerprint density at radius 2 is 1.52 bits per heavy atom. The number of likely N-dealkylation sites (N-methyl/N-ethyl adjacent to an activating group) is 1. The van der Waals surface area contributed by atoms with E-state index in [9.17, 15) is 42.6 Å². The van der Waals surface area contributed by atoms with Crippen LogP contribution >= 0.6 is 0 Å². The lowest BCUT2D eigenvalue weighted by atomic mass is 9.93. The molecule has 1 heterocycles. The second-order valence-corrected chi connectivity index (χ2v) is 17.7. The molecule has 4 amide bonds. The van der Waals surface area contributed by atoms with Crippen molar-refractivity contribution < 1.29 is 42.6 Å². The van der Waals surface area contributed by atoms with E-state index in [-0.39, 0.29) is 59.1 Å². The first-order valence-corrected chi connectivity index (χ1v) is 22.9. The van der Waals surface area contributed by atoms with Crippen molar-refractivity contribution in [2.45, 2.75) is 135 Å². The van der Waals surface area contributed by atoms with Gasteiger partial charge in [0.2, 0.25) is 33.7 Å². The lowest BCUT2D eigenvalue weighted by Crippen LogP contribution is -2.56. The molecule has 0 unspecified atom stereocenters. The number of nitrogens with zero attached hydrogens (tertiary/aromatic N) is 1. The molecule has 2 aromatic rings. The zero-order chi connectivity index (χ0) is 44.4. The standard InChI is InChI=1S/C43H67N7O9S/c1-6-7-8-9-10-11-12-15-22-45-23-24-60(58,59)49-35(16-13-14-21-44)43(57)50(5)39-32-18-20-38(53)34(27-32)33-25-31(17-19-37(33)52)26-36(41(55)46-28(2)30(4)51)48-40(54)29(3)47-42(39)56/h17-20,25,27-29,35-36,39,45,49,52-53H,6-16,21-24,26,44H2,1-5H3,(H,46,55)(H,47,56)(H,48,54)/t28-,29-,35-,36-,39-/m0/s1. The number of sulfonamides is 1. The number of phenolic OH excluding ortho intramolecular Hbond substituents is 2. The summed E-state index contributed by atoms with van der Waals surface area (Å²) in [7, 11) is -2.64. The average Bonchev–Trinajstić information content (AvgIpc) is 3.19. The van der Waals surface area contributed by atoms with E-state index in [1.165, 1.54) is 90.3 Å². The third-order valence-electron chi connectivity index (χ3n) is 10.8. The highest BCUT2D eigenvalue weighted by Crippen LogP contribution is 2.39. The zero-order valence-corrected chi connectivity index (χ0v) is 36.7. The van der Waals surface area contributed by atoms with Crippen LogP contribution in [0.5, 0.6) is 11.5 Å². The molecule has 16 nitrogen and oxygen atoms in total. The first-order valence-electron chi connectivity index (χ1n) is 21.2. The predicted octanol–water partition coefficient (Wildman–Crippen LogP) is 3.05. The Kier molecular flexibility index (Phi) is 20.4. The quantitative estimate of drug-likeness (QED) is 0.0755. The third-order valence-corrected chi connectivity index (χ3v) is 12.2. The van der Waals surface area contributed by atoms with Gasteiger partial charge in [0.25, 0.3) is 0 Å². The number of Topliss-reactive ketones (excluding diaryl/α,β-unsaturated/α-hetero) is 1. The maximum atomic E-state index is 14.4. The van der Waals surface area contributed by atoms with Crippen molar-refractivity contribution in [1.82, 2.24) is 30.9 Å². The van der Waals surface area contributed by atoms with Gasteiger partial charge in [0.05, 0.1) is 11.8 Å². The van der Waals surface area contributed by atoms with E-state index in [2.05, 4.69) is 32.9 Å². The van der Waals surface area contributed by atoms with Crippen LogP contribution in [-0.2, 0) is 40.4 Å². The van der Waals surface area contributed by atoms with E-state index in [1.54, 1.807) is 6.07 Å². The Balaban J connectivity index is 1.92. The van der Waals surface area contributed by atoms with Crippen LogP contribution in [0.15, 0.2) is 36.4 Å². The number of unbranched alkanes of at least 4 members (excludes halogenated alkanes) is 8. The van der Waals surface area contributed by atoms with Crippen molar-refractivity contribution in [3.05, 3.63) is 47.5 Å². The third kappa shape index (κ3) is 15.5. The summed E-state index contributed by atoms with van der Waals surface area (Å²) in [5.41, 5.74) is 6.64. The highest BCUT2D eigenvalue weighted by molar-refractivity contribution is 7.89. The minimum absolute atomic E-state index is 0.0762. The predicted molar refractivity (Wildman–Crippen MR) is 231 cm³/mol. The highest BCUT2D eigenvalue weighted by atomic mass is 32.2. The van der Waals surface area contributed by atoms with Crippen LogP contribution in [0.2, 0.25) is 0 Å². The topological polar surface area (TPSA) is 249 Å². The Labute approximate surface area is 355 Å². The molecule has 0 aromatic heterocycles. The summed E-state index contributed by atoms with van der Waals surface area (Å²) in [5.74, 6) is -4.04. The summed E-state index contributed by atoms with van der Waals surface area (Å²) >= 11 is 0. The molecular formula is C43H67N7O9S. The van der Waals surface area contributed by atoms with E-state index in [0.29, 0.717) is 31.5 Å². The number of amides is 4. The molecule has 9 N–H and O–H groups in total. The lowest BCUT2D eigenvalue weighted by molar-refractivity contribution is -0.141. The Bertz CT molecular complexity index is 1880. The average molecular weight is 858 g/mol. The first kappa shape index (κ1) is 49.8. The fourth-order valence-corrected chi connectivity index (χ4v) is 8.20. The summed E-state index contributed by atoms with van der Waals surface area (Å²) in [6.07, 6.45) is 10.2. The molecule has 5 atom stereocenters. The van der Waals surface area contributed by atoms with Crippen LogP contribution in [0, 0.1) is 0 Å². The van der Waals surface area contributed by atoms with Crippen LogP contribution in [0.4, 0.5) is 0 Å². The fraction of sp³-hybridized carbons (Fsp3) is 0.605. The second kappa shape index (κ2) is 24.6. The van der Waals surface area contributed by atoms with Gasteiger partial charge in [0.15, 0.2) is 5.78 Å². The van der Waals surface area contributed by atoms with Gasteiger partial charge in [-0.05, 0) is 88.5 Å². The summed E-state index contributed by atoms with van der Waals surface area (Å²) in [6, 6.07) is 2.55.